The van der Waals surface area contributed by atoms with Crippen molar-refractivity contribution in [3.05, 3.63) is 29.3 Å². The highest BCUT2D eigenvalue weighted by atomic mass is 16.2. The summed E-state index contributed by atoms with van der Waals surface area (Å²) in [6.45, 7) is 8.36. The van der Waals surface area contributed by atoms with Gasteiger partial charge in [-0.1, -0.05) is 25.0 Å². The fourth-order valence-electron chi connectivity index (χ4n) is 3.99. The van der Waals surface area contributed by atoms with Crippen molar-refractivity contribution in [2.45, 2.75) is 52.4 Å². The van der Waals surface area contributed by atoms with Gasteiger partial charge in [0.05, 0.1) is 0 Å². The van der Waals surface area contributed by atoms with Crippen molar-refractivity contribution in [3.63, 3.8) is 0 Å². The van der Waals surface area contributed by atoms with E-state index in [0.717, 1.165) is 39.0 Å². The Kier molecular flexibility index (Phi) is 5.24. The second-order valence-electron chi connectivity index (χ2n) is 7.22. The van der Waals surface area contributed by atoms with Gasteiger partial charge >= 0.3 is 0 Å². The Morgan fingerprint density at radius 3 is 2.26 bits per heavy atom. The lowest BCUT2D eigenvalue weighted by molar-refractivity contribution is -0.136. The largest absolute Gasteiger partial charge is 0.371 e. The van der Waals surface area contributed by atoms with Crippen molar-refractivity contribution in [3.8, 4) is 0 Å². The lowest BCUT2D eigenvalue weighted by Crippen LogP contribution is -2.43. The fourth-order valence-corrected chi connectivity index (χ4v) is 3.99. The number of hydrogen-bond donors (Lipinski definition) is 0. The second-order valence-corrected chi connectivity index (χ2v) is 7.22. The molecule has 0 N–H and O–H groups in total. The molecule has 2 fully saturated rings. The van der Waals surface area contributed by atoms with Crippen molar-refractivity contribution >= 4 is 11.6 Å². The summed E-state index contributed by atoms with van der Waals surface area (Å²) >= 11 is 0. The molecule has 2 heterocycles. The standard InChI is InChI=1S/C20H30N2O/c1-16-8-7-9-19(17(16)2)21-14-10-18(11-15-21)20(23)22-12-5-3-4-6-13-22/h7-9,18H,3-6,10-15H2,1-2H3. The molecule has 2 aliphatic heterocycles. The van der Waals surface area contributed by atoms with E-state index >= 15 is 0 Å². The summed E-state index contributed by atoms with van der Waals surface area (Å²) in [5.74, 6) is 0.668. The maximum Gasteiger partial charge on any atom is 0.225 e. The Morgan fingerprint density at radius 1 is 0.957 bits per heavy atom. The first-order valence-corrected chi connectivity index (χ1v) is 9.27. The zero-order valence-electron chi connectivity index (χ0n) is 14.7. The van der Waals surface area contributed by atoms with Gasteiger partial charge in [0.15, 0.2) is 0 Å². The van der Waals surface area contributed by atoms with Gasteiger partial charge < -0.3 is 9.80 Å². The number of anilines is 1. The first-order chi connectivity index (χ1) is 11.2. The number of rotatable bonds is 2. The lowest BCUT2D eigenvalue weighted by atomic mass is 9.94. The number of benzene rings is 1. The van der Waals surface area contributed by atoms with E-state index in [1.54, 1.807) is 0 Å². The van der Waals surface area contributed by atoms with Crippen molar-refractivity contribution in [1.29, 1.82) is 0 Å². The van der Waals surface area contributed by atoms with Gasteiger partial charge in [0.25, 0.3) is 0 Å². The van der Waals surface area contributed by atoms with Crippen LogP contribution in [0, 0.1) is 19.8 Å². The van der Waals surface area contributed by atoms with E-state index in [1.807, 2.05) is 0 Å². The van der Waals surface area contributed by atoms with Crippen LogP contribution in [0.25, 0.3) is 0 Å². The van der Waals surface area contributed by atoms with Crippen LogP contribution in [0.1, 0.15) is 49.7 Å². The molecule has 1 amide bonds. The minimum Gasteiger partial charge on any atom is -0.371 e. The van der Waals surface area contributed by atoms with Crippen LogP contribution in [0.3, 0.4) is 0 Å². The van der Waals surface area contributed by atoms with Crippen LogP contribution in [0.15, 0.2) is 18.2 Å². The number of carbonyl (C=O) groups excluding carboxylic acids is 1. The van der Waals surface area contributed by atoms with Crippen LogP contribution >= 0.6 is 0 Å². The van der Waals surface area contributed by atoms with Crippen molar-refractivity contribution in [2.24, 2.45) is 5.92 Å². The van der Waals surface area contributed by atoms with Gasteiger partial charge in [-0.05, 0) is 56.7 Å². The van der Waals surface area contributed by atoms with Crippen LogP contribution < -0.4 is 4.90 Å². The van der Waals surface area contributed by atoms with E-state index in [-0.39, 0.29) is 5.92 Å². The van der Waals surface area contributed by atoms with Gasteiger partial charge in [0, 0.05) is 37.8 Å². The summed E-state index contributed by atoms with van der Waals surface area (Å²) in [6.07, 6.45) is 6.95. The van der Waals surface area contributed by atoms with E-state index in [2.05, 4.69) is 41.8 Å². The first kappa shape index (κ1) is 16.4. The monoisotopic (exact) mass is 314 g/mol. The lowest BCUT2D eigenvalue weighted by Gasteiger charge is -2.36. The molecule has 0 aromatic heterocycles. The van der Waals surface area contributed by atoms with Gasteiger partial charge in [0.1, 0.15) is 0 Å². The summed E-state index contributed by atoms with van der Waals surface area (Å²) in [7, 11) is 0. The fraction of sp³-hybridized carbons (Fsp3) is 0.650. The summed E-state index contributed by atoms with van der Waals surface area (Å²) in [4.78, 5) is 17.4. The molecule has 23 heavy (non-hydrogen) atoms. The van der Waals surface area contributed by atoms with E-state index in [9.17, 15) is 4.79 Å². The van der Waals surface area contributed by atoms with Crippen LogP contribution in [0.5, 0.6) is 0 Å². The number of aryl methyl sites for hydroxylation is 1. The Bertz CT molecular complexity index is 539. The summed E-state index contributed by atoms with van der Waals surface area (Å²) in [6, 6.07) is 6.54. The molecular weight excluding hydrogens is 284 g/mol. The quantitative estimate of drug-likeness (QED) is 0.826. The minimum atomic E-state index is 0.245. The molecule has 0 spiro atoms. The molecule has 1 aromatic rings. The summed E-state index contributed by atoms with van der Waals surface area (Å²) in [5.41, 5.74) is 4.08. The van der Waals surface area contributed by atoms with Gasteiger partial charge in [-0.2, -0.15) is 0 Å². The first-order valence-electron chi connectivity index (χ1n) is 9.27. The maximum absolute atomic E-state index is 12.8. The third-order valence-corrected chi connectivity index (χ3v) is 5.68. The van der Waals surface area contributed by atoms with Gasteiger partial charge in [-0.25, -0.2) is 0 Å². The molecule has 3 nitrogen and oxygen atoms in total. The van der Waals surface area contributed by atoms with Gasteiger partial charge in [-0.15, -0.1) is 0 Å². The highest BCUT2D eigenvalue weighted by molar-refractivity contribution is 5.79. The predicted octanol–water partition coefficient (Wildman–Crippen LogP) is 3.92. The molecule has 0 unspecified atom stereocenters. The highest BCUT2D eigenvalue weighted by Crippen LogP contribution is 2.28. The Morgan fingerprint density at radius 2 is 1.61 bits per heavy atom. The molecule has 3 heteroatoms. The molecule has 1 aromatic carbocycles. The topological polar surface area (TPSA) is 23.6 Å². The van der Waals surface area contributed by atoms with Crippen molar-refractivity contribution in [1.82, 2.24) is 4.90 Å². The summed E-state index contributed by atoms with van der Waals surface area (Å²) < 4.78 is 0. The SMILES string of the molecule is Cc1cccc(N2CCC(C(=O)N3CCCCCC3)CC2)c1C. The number of piperidine rings is 1. The number of amides is 1. The van der Waals surface area contributed by atoms with Gasteiger partial charge in [0.2, 0.25) is 5.91 Å². The van der Waals surface area contributed by atoms with Crippen molar-refractivity contribution in [2.75, 3.05) is 31.1 Å². The highest BCUT2D eigenvalue weighted by Gasteiger charge is 2.29. The van der Waals surface area contributed by atoms with E-state index in [1.165, 1.54) is 42.5 Å². The molecule has 0 atom stereocenters. The average molecular weight is 314 g/mol. The molecule has 126 valence electrons. The molecule has 2 aliphatic rings. The molecular formula is C20H30N2O. The minimum absolute atomic E-state index is 0.245. The maximum atomic E-state index is 12.8. The van der Waals surface area contributed by atoms with Crippen LogP contribution in [0.4, 0.5) is 5.69 Å². The zero-order valence-corrected chi connectivity index (χ0v) is 14.7. The van der Waals surface area contributed by atoms with E-state index in [0.29, 0.717) is 5.91 Å². The summed E-state index contributed by atoms with van der Waals surface area (Å²) in [5, 5.41) is 0. The average Bonchev–Trinajstić information content (AvgIpc) is 2.86. The van der Waals surface area contributed by atoms with Crippen molar-refractivity contribution < 1.29 is 4.79 Å². The molecule has 0 radical (unpaired) electrons. The zero-order chi connectivity index (χ0) is 16.2. The molecule has 0 bridgehead atoms. The second kappa shape index (κ2) is 7.37. The Labute approximate surface area is 140 Å². The van der Waals surface area contributed by atoms with Crippen LogP contribution in [0.2, 0.25) is 0 Å². The number of nitrogens with zero attached hydrogens (tertiary/aromatic N) is 2. The Hall–Kier alpha value is -1.51. The smallest absolute Gasteiger partial charge is 0.225 e. The molecule has 0 saturated carbocycles. The number of hydrogen-bond acceptors (Lipinski definition) is 2. The number of likely N-dealkylation sites (tertiary alicyclic amines) is 1. The molecule has 0 aliphatic carbocycles. The Balaban J connectivity index is 1.59. The third kappa shape index (κ3) is 3.70. The molecule has 3 rings (SSSR count). The third-order valence-electron chi connectivity index (χ3n) is 5.68. The van der Waals surface area contributed by atoms with Crippen LogP contribution in [-0.4, -0.2) is 37.0 Å². The van der Waals surface area contributed by atoms with E-state index in [4.69, 9.17) is 0 Å². The molecule has 2 saturated heterocycles. The number of carbonyl (C=O) groups is 1. The predicted molar refractivity (Wildman–Crippen MR) is 95.9 cm³/mol. The normalized spacial score (nSPS) is 20.4. The van der Waals surface area contributed by atoms with E-state index < -0.39 is 0 Å². The van der Waals surface area contributed by atoms with Gasteiger partial charge in [-0.3, -0.25) is 4.79 Å². The van der Waals surface area contributed by atoms with Crippen LogP contribution in [-0.2, 0) is 4.79 Å².